The summed E-state index contributed by atoms with van der Waals surface area (Å²) in [4.78, 5) is 29.4. The van der Waals surface area contributed by atoms with Crippen molar-refractivity contribution in [3.63, 3.8) is 0 Å². The molecule has 98 valence electrons. The van der Waals surface area contributed by atoms with Gasteiger partial charge in [-0.3, -0.25) is 4.79 Å². The topological polar surface area (TPSA) is 96.5 Å². The molecule has 2 unspecified atom stereocenters. The van der Waals surface area contributed by atoms with Crippen LogP contribution in [0.2, 0.25) is 0 Å². The number of hydrogen-bond acceptors (Lipinski definition) is 5. The van der Waals surface area contributed by atoms with E-state index in [2.05, 4.69) is 4.98 Å². The first-order chi connectivity index (χ1) is 8.41. The molecule has 1 fully saturated rings. The molecule has 0 aliphatic carbocycles. The summed E-state index contributed by atoms with van der Waals surface area (Å²) in [5, 5.41) is 9.52. The highest BCUT2D eigenvalue weighted by molar-refractivity contribution is 7.17. The summed E-state index contributed by atoms with van der Waals surface area (Å²) >= 11 is 1.11. The molecule has 6 nitrogen and oxygen atoms in total. The van der Waals surface area contributed by atoms with E-state index in [1.54, 1.807) is 6.92 Å². The van der Waals surface area contributed by atoms with Crippen LogP contribution < -0.4 is 5.73 Å². The van der Waals surface area contributed by atoms with Crippen molar-refractivity contribution >= 4 is 28.3 Å². The molecule has 2 atom stereocenters. The highest BCUT2D eigenvalue weighted by atomic mass is 32.1. The van der Waals surface area contributed by atoms with Crippen molar-refractivity contribution in [2.75, 3.05) is 12.3 Å². The number of nitrogens with two attached hydrogens (primary N) is 1. The standard InChI is InChI=1S/C11H15N3O3S/c1-5-3-4-14(7(5)10(16)17)9(15)8-6(2)13-11(12)18-8/h5,7H,3-4H2,1-2H3,(H2,12,13)(H,16,17). The first-order valence-corrected chi connectivity index (χ1v) is 6.50. The molecule has 2 heterocycles. The highest BCUT2D eigenvalue weighted by Crippen LogP contribution is 2.29. The number of aryl methyl sites for hydroxylation is 1. The number of hydrogen-bond donors (Lipinski definition) is 2. The molecule has 0 bridgehead atoms. The number of thiazole rings is 1. The number of anilines is 1. The fourth-order valence-corrected chi connectivity index (χ4v) is 3.09. The molecule has 0 saturated carbocycles. The van der Waals surface area contributed by atoms with Gasteiger partial charge in [0.1, 0.15) is 10.9 Å². The van der Waals surface area contributed by atoms with Gasteiger partial charge in [0.15, 0.2) is 5.13 Å². The largest absolute Gasteiger partial charge is 0.480 e. The van der Waals surface area contributed by atoms with E-state index in [1.165, 1.54) is 4.90 Å². The van der Waals surface area contributed by atoms with Crippen molar-refractivity contribution in [3.05, 3.63) is 10.6 Å². The molecular weight excluding hydrogens is 254 g/mol. The van der Waals surface area contributed by atoms with Crippen molar-refractivity contribution in [2.24, 2.45) is 5.92 Å². The van der Waals surface area contributed by atoms with E-state index >= 15 is 0 Å². The Hall–Kier alpha value is -1.63. The van der Waals surface area contributed by atoms with Crippen molar-refractivity contribution in [1.82, 2.24) is 9.88 Å². The van der Waals surface area contributed by atoms with Crippen LogP contribution in [0.1, 0.15) is 28.7 Å². The highest BCUT2D eigenvalue weighted by Gasteiger charge is 2.40. The Morgan fingerprint density at radius 3 is 2.72 bits per heavy atom. The molecule has 1 amide bonds. The summed E-state index contributed by atoms with van der Waals surface area (Å²) in [6.07, 6.45) is 0.704. The van der Waals surface area contributed by atoms with Crippen molar-refractivity contribution < 1.29 is 14.7 Å². The quantitative estimate of drug-likeness (QED) is 0.833. The number of rotatable bonds is 2. The predicted octanol–water partition coefficient (Wildman–Crippen LogP) is 0.969. The molecule has 1 aromatic rings. The molecule has 2 rings (SSSR count). The minimum absolute atomic E-state index is 0.0305. The second-order valence-electron chi connectivity index (χ2n) is 4.51. The Kier molecular flexibility index (Phi) is 3.25. The number of carbonyl (C=O) groups excluding carboxylic acids is 1. The molecule has 3 N–H and O–H groups in total. The normalized spacial score (nSPS) is 23.3. The molecule has 1 saturated heterocycles. The number of amides is 1. The average Bonchev–Trinajstić information content (AvgIpc) is 2.80. The summed E-state index contributed by atoms with van der Waals surface area (Å²) in [6.45, 7) is 4.02. The Labute approximate surface area is 108 Å². The van der Waals surface area contributed by atoms with E-state index in [-0.39, 0.29) is 11.8 Å². The fourth-order valence-electron chi connectivity index (χ4n) is 2.30. The number of carboxylic acids is 1. The molecule has 1 aliphatic rings. The average molecular weight is 269 g/mol. The maximum Gasteiger partial charge on any atom is 0.326 e. The van der Waals surface area contributed by atoms with Gasteiger partial charge in [-0.1, -0.05) is 18.3 Å². The SMILES string of the molecule is Cc1nc(N)sc1C(=O)N1CCC(C)C1C(=O)O. The van der Waals surface area contributed by atoms with E-state index in [0.717, 1.165) is 11.3 Å². The lowest BCUT2D eigenvalue weighted by molar-refractivity contribution is -0.142. The van der Waals surface area contributed by atoms with Crippen LogP contribution in [0.5, 0.6) is 0 Å². The lowest BCUT2D eigenvalue weighted by Crippen LogP contribution is -2.42. The molecule has 7 heteroatoms. The van der Waals surface area contributed by atoms with Crippen LogP contribution in [0.4, 0.5) is 5.13 Å². The van der Waals surface area contributed by atoms with Crippen LogP contribution in [-0.4, -0.2) is 39.5 Å². The van der Waals surface area contributed by atoms with E-state index in [4.69, 9.17) is 5.73 Å². The summed E-state index contributed by atoms with van der Waals surface area (Å²) in [7, 11) is 0. The minimum Gasteiger partial charge on any atom is -0.480 e. The van der Waals surface area contributed by atoms with Gasteiger partial charge in [0.25, 0.3) is 5.91 Å². The zero-order valence-corrected chi connectivity index (χ0v) is 11.0. The second kappa shape index (κ2) is 4.56. The number of likely N-dealkylation sites (tertiary alicyclic amines) is 1. The van der Waals surface area contributed by atoms with E-state index < -0.39 is 12.0 Å². The maximum atomic E-state index is 12.3. The monoisotopic (exact) mass is 269 g/mol. The smallest absolute Gasteiger partial charge is 0.326 e. The Balaban J connectivity index is 2.29. The van der Waals surface area contributed by atoms with Gasteiger partial charge in [-0.2, -0.15) is 0 Å². The van der Waals surface area contributed by atoms with E-state index in [1.807, 2.05) is 6.92 Å². The lowest BCUT2D eigenvalue weighted by Gasteiger charge is -2.22. The van der Waals surface area contributed by atoms with Crippen LogP contribution in [-0.2, 0) is 4.79 Å². The molecule has 0 radical (unpaired) electrons. The summed E-state index contributed by atoms with van der Waals surface area (Å²) in [5.41, 5.74) is 6.12. The van der Waals surface area contributed by atoms with Crippen LogP contribution in [0.3, 0.4) is 0 Å². The van der Waals surface area contributed by atoms with Crippen LogP contribution in [0.15, 0.2) is 0 Å². The van der Waals surface area contributed by atoms with Gasteiger partial charge in [0.05, 0.1) is 5.69 Å². The van der Waals surface area contributed by atoms with Gasteiger partial charge in [-0.15, -0.1) is 0 Å². The number of carbonyl (C=O) groups is 2. The third-order valence-electron chi connectivity index (χ3n) is 3.22. The van der Waals surface area contributed by atoms with Gasteiger partial charge in [-0.05, 0) is 19.3 Å². The fraction of sp³-hybridized carbons (Fsp3) is 0.545. The number of nitrogens with zero attached hydrogens (tertiary/aromatic N) is 2. The molecular formula is C11H15N3O3S. The number of carboxylic acid groups (broad SMARTS) is 1. The summed E-state index contributed by atoms with van der Waals surface area (Å²) in [5.74, 6) is -1.26. The lowest BCUT2D eigenvalue weighted by atomic mass is 10.0. The number of aliphatic carboxylic acids is 1. The third-order valence-corrected chi connectivity index (χ3v) is 4.20. The van der Waals surface area contributed by atoms with Crippen molar-refractivity contribution in [3.8, 4) is 0 Å². The molecule has 0 aromatic carbocycles. The molecule has 1 aliphatic heterocycles. The predicted molar refractivity (Wildman–Crippen MR) is 67.5 cm³/mol. The first-order valence-electron chi connectivity index (χ1n) is 5.68. The minimum atomic E-state index is -0.955. The van der Waals surface area contributed by atoms with Gasteiger partial charge < -0.3 is 15.7 Å². The van der Waals surface area contributed by atoms with Crippen molar-refractivity contribution in [1.29, 1.82) is 0 Å². The third kappa shape index (κ3) is 2.05. The van der Waals surface area contributed by atoms with Crippen LogP contribution in [0, 0.1) is 12.8 Å². The Bertz CT molecular complexity index is 500. The molecule has 1 aromatic heterocycles. The first kappa shape index (κ1) is 12.8. The van der Waals surface area contributed by atoms with Crippen LogP contribution in [0.25, 0.3) is 0 Å². The zero-order chi connectivity index (χ0) is 13.4. The van der Waals surface area contributed by atoms with Gasteiger partial charge in [0, 0.05) is 6.54 Å². The van der Waals surface area contributed by atoms with Gasteiger partial charge >= 0.3 is 5.97 Å². The van der Waals surface area contributed by atoms with Gasteiger partial charge in [-0.25, -0.2) is 9.78 Å². The zero-order valence-electron chi connectivity index (χ0n) is 10.2. The molecule has 18 heavy (non-hydrogen) atoms. The van der Waals surface area contributed by atoms with Crippen LogP contribution >= 0.6 is 11.3 Å². The number of aromatic nitrogens is 1. The van der Waals surface area contributed by atoms with Crippen molar-refractivity contribution in [2.45, 2.75) is 26.3 Å². The molecule has 0 spiro atoms. The number of nitrogen functional groups attached to an aromatic ring is 1. The maximum absolute atomic E-state index is 12.3. The summed E-state index contributed by atoms with van der Waals surface area (Å²) in [6, 6.07) is -0.750. The Morgan fingerprint density at radius 1 is 1.56 bits per heavy atom. The van der Waals surface area contributed by atoms with E-state index in [0.29, 0.717) is 28.7 Å². The Morgan fingerprint density at radius 2 is 2.22 bits per heavy atom. The van der Waals surface area contributed by atoms with Gasteiger partial charge in [0.2, 0.25) is 0 Å². The second-order valence-corrected chi connectivity index (χ2v) is 5.54. The summed E-state index contributed by atoms with van der Waals surface area (Å²) < 4.78 is 0. The van der Waals surface area contributed by atoms with E-state index in [9.17, 15) is 14.7 Å².